The van der Waals surface area contributed by atoms with Crippen molar-refractivity contribution in [3.63, 3.8) is 0 Å². The third-order valence-electron chi connectivity index (χ3n) is 3.80. The lowest BCUT2D eigenvalue weighted by Gasteiger charge is -2.10. The van der Waals surface area contributed by atoms with Crippen molar-refractivity contribution < 1.29 is 23.5 Å². The second kappa shape index (κ2) is 8.63. The number of pyridine rings is 1. The van der Waals surface area contributed by atoms with Gasteiger partial charge >= 0.3 is 5.97 Å². The van der Waals surface area contributed by atoms with Crippen LogP contribution in [-0.4, -0.2) is 29.9 Å². The van der Waals surface area contributed by atoms with Crippen molar-refractivity contribution in [3.8, 4) is 0 Å². The number of esters is 1. The Balaban J connectivity index is 1.72. The minimum Gasteiger partial charge on any atom is -0.467 e. The number of methoxy groups -OCH3 is 1. The van der Waals surface area contributed by atoms with Gasteiger partial charge in [-0.3, -0.25) is 9.59 Å². The first-order valence-electron chi connectivity index (χ1n) is 8.35. The number of aromatic nitrogens is 1. The summed E-state index contributed by atoms with van der Waals surface area (Å²) in [5, 5.41) is 5.27. The number of rotatable bonds is 6. The summed E-state index contributed by atoms with van der Waals surface area (Å²) < 4.78 is 9.86. The Kier molecular flexibility index (Phi) is 5.81. The third-order valence-corrected chi connectivity index (χ3v) is 3.80. The normalized spacial score (nSPS) is 10.2. The molecule has 28 heavy (non-hydrogen) atoms. The molecule has 0 fully saturated rings. The minimum absolute atomic E-state index is 0.0327. The molecule has 0 aliphatic carbocycles. The molecule has 8 nitrogen and oxygen atoms in total. The van der Waals surface area contributed by atoms with Crippen LogP contribution in [-0.2, 0) is 11.3 Å². The van der Waals surface area contributed by atoms with Gasteiger partial charge in [-0.15, -0.1) is 0 Å². The summed E-state index contributed by atoms with van der Waals surface area (Å²) in [6.07, 6.45) is 1.51. The number of furan rings is 1. The first-order valence-corrected chi connectivity index (χ1v) is 8.35. The highest BCUT2D eigenvalue weighted by Crippen LogP contribution is 2.17. The molecule has 0 bridgehead atoms. The highest BCUT2D eigenvalue weighted by molar-refractivity contribution is 6.07. The van der Waals surface area contributed by atoms with E-state index in [0.29, 0.717) is 5.76 Å². The zero-order chi connectivity index (χ0) is 19.9. The molecule has 1 aromatic carbocycles. The molecule has 8 heteroatoms. The van der Waals surface area contributed by atoms with Crippen LogP contribution in [0.2, 0.25) is 0 Å². The second-order valence-corrected chi connectivity index (χ2v) is 5.66. The van der Waals surface area contributed by atoms with Crippen LogP contribution >= 0.6 is 0 Å². The number of carbonyl (C=O) groups is 3. The third kappa shape index (κ3) is 4.42. The Morgan fingerprint density at radius 2 is 1.71 bits per heavy atom. The summed E-state index contributed by atoms with van der Waals surface area (Å²) in [4.78, 5) is 40.7. The SMILES string of the molecule is COC(=O)c1ccccc1NC(=O)c1cccc(C(=O)NCc2ccco2)n1. The fourth-order valence-electron chi connectivity index (χ4n) is 2.43. The van der Waals surface area contributed by atoms with Gasteiger partial charge in [-0.1, -0.05) is 18.2 Å². The molecule has 0 spiro atoms. The topological polar surface area (TPSA) is 111 Å². The van der Waals surface area contributed by atoms with Crippen molar-refractivity contribution >= 4 is 23.5 Å². The van der Waals surface area contributed by atoms with Crippen LogP contribution in [0.5, 0.6) is 0 Å². The maximum absolute atomic E-state index is 12.5. The van der Waals surface area contributed by atoms with E-state index in [4.69, 9.17) is 9.15 Å². The molecule has 0 aliphatic heterocycles. The van der Waals surface area contributed by atoms with Crippen LogP contribution in [0.1, 0.15) is 37.1 Å². The zero-order valence-corrected chi connectivity index (χ0v) is 15.0. The molecule has 0 atom stereocenters. The maximum Gasteiger partial charge on any atom is 0.339 e. The lowest BCUT2D eigenvalue weighted by Crippen LogP contribution is -2.25. The summed E-state index contributed by atoms with van der Waals surface area (Å²) in [6.45, 7) is 0.205. The summed E-state index contributed by atoms with van der Waals surface area (Å²) >= 11 is 0. The van der Waals surface area contributed by atoms with Gasteiger partial charge in [0.05, 0.1) is 31.2 Å². The average molecular weight is 379 g/mol. The molecule has 3 aromatic rings. The Bertz CT molecular complexity index is 999. The van der Waals surface area contributed by atoms with Crippen molar-refractivity contribution in [2.24, 2.45) is 0 Å². The van der Waals surface area contributed by atoms with E-state index in [-0.39, 0.29) is 29.2 Å². The molecule has 0 aliphatic rings. The number of nitrogens with one attached hydrogen (secondary N) is 2. The van der Waals surface area contributed by atoms with E-state index in [1.807, 2.05) is 0 Å². The standard InChI is InChI=1S/C20H17N3O5/c1-27-20(26)14-7-2-3-8-15(14)23-19(25)17-10-4-9-16(22-17)18(24)21-12-13-6-5-11-28-13/h2-11H,12H2,1H3,(H,21,24)(H,23,25). The molecule has 2 aromatic heterocycles. The van der Waals surface area contributed by atoms with Crippen LogP contribution in [0.15, 0.2) is 65.3 Å². The van der Waals surface area contributed by atoms with Gasteiger partial charge in [0.1, 0.15) is 17.1 Å². The van der Waals surface area contributed by atoms with E-state index >= 15 is 0 Å². The van der Waals surface area contributed by atoms with Gasteiger partial charge in [-0.05, 0) is 36.4 Å². The smallest absolute Gasteiger partial charge is 0.339 e. The van der Waals surface area contributed by atoms with Crippen molar-refractivity contribution in [3.05, 3.63) is 83.6 Å². The van der Waals surface area contributed by atoms with E-state index in [1.165, 1.54) is 31.6 Å². The summed E-state index contributed by atoms with van der Waals surface area (Å²) in [6, 6.07) is 14.4. The highest BCUT2D eigenvalue weighted by Gasteiger charge is 2.16. The van der Waals surface area contributed by atoms with Gasteiger partial charge in [0.15, 0.2) is 0 Å². The van der Waals surface area contributed by atoms with E-state index in [2.05, 4.69) is 15.6 Å². The lowest BCUT2D eigenvalue weighted by molar-refractivity contribution is 0.0601. The number of nitrogens with zero attached hydrogens (tertiary/aromatic N) is 1. The highest BCUT2D eigenvalue weighted by atomic mass is 16.5. The first kappa shape index (κ1) is 18.8. The average Bonchev–Trinajstić information content (AvgIpc) is 3.25. The zero-order valence-electron chi connectivity index (χ0n) is 15.0. The van der Waals surface area contributed by atoms with E-state index in [1.54, 1.807) is 36.4 Å². The van der Waals surface area contributed by atoms with E-state index < -0.39 is 17.8 Å². The molecular weight excluding hydrogens is 362 g/mol. The largest absolute Gasteiger partial charge is 0.467 e. The lowest BCUT2D eigenvalue weighted by atomic mass is 10.1. The summed E-state index contributed by atoms with van der Waals surface area (Å²) in [5.74, 6) is -0.977. The van der Waals surface area contributed by atoms with Gasteiger partial charge in [-0.2, -0.15) is 0 Å². The number of carbonyl (C=O) groups excluding carboxylic acids is 3. The van der Waals surface area contributed by atoms with Crippen molar-refractivity contribution in [2.45, 2.75) is 6.54 Å². The van der Waals surface area contributed by atoms with Crippen molar-refractivity contribution in [2.75, 3.05) is 12.4 Å². The van der Waals surface area contributed by atoms with E-state index in [9.17, 15) is 14.4 Å². The fraction of sp³-hybridized carbons (Fsp3) is 0.100. The molecule has 142 valence electrons. The molecule has 2 N–H and O–H groups in total. The molecule has 2 heterocycles. The quantitative estimate of drug-likeness (QED) is 0.637. The number of benzene rings is 1. The van der Waals surface area contributed by atoms with Crippen LogP contribution < -0.4 is 10.6 Å². The number of hydrogen-bond donors (Lipinski definition) is 2. The van der Waals surface area contributed by atoms with E-state index in [0.717, 1.165) is 0 Å². The monoisotopic (exact) mass is 379 g/mol. The van der Waals surface area contributed by atoms with Gasteiger partial charge in [0.25, 0.3) is 11.8 Å². The molecular formula is C20H17N3O5. The predicted octanol–water partition coefficient (Wildman–Crippen LogP) is 2.64. The Morgan fingerprint density at radius 1 is 0.964 bits per heavy atom. The predicted molar refractivity (Wildman–Crippen MR) is 99.8 cm³/mol. The van der Waals surface area contributed by atoms with Gasteiger partial charge in [0.2, 0.25) is 0 Å². The molecule has 0 unspecified atom stereocenters. The van der Waals surface area contributed by atoms with Crippen molar-refractivity contribution in [1.29, 1.82) is 0 Å². The number of ether oxygens (including phenoxy) is 1. The summed E-state index contributed by atoms with van der Waals surface area (Å²) in [5.41, 5.74) is 0.616. The Hall–Kier alpha value is -3.94. The molecule has 0 radical (unpaired) electrons. The number of hydrogen-bond acceptors (Lipinski definition) is 6. The van der Waals surface area contributed by atoms with Crippen LogP contribution in [0, 0.1) is 0 Å². The van der Waals surface area contributed by atoms with Gasteiger partial charge < -0.3 is 19.8 Å². The van der Waals surface area contributed by atoms with Crippen LogP contribution in [0.4, 0.5) is 5.69 Å². The molecule has 2 amide bonds. The van der Waals surface area contributed by atoms with Gasteiger partial charge in [-0.25, -0.2) is 9.78 Å². The number of anilines is 1. The van der Waals surface area contributed by atoms with Crippen LogP contribution in [0.3, 0.4) is 0 Å². The van der Waals surface area contributed by atoms with Crippen molar-refractivity contribution in [1.82, 2.24) is 10.3 Å². The summed E-state index contributed by atoms with van der Waals surface area (Å²) in [7, 11) is 1.26. The first-order chi connectivity index (χ1) is 13.6. The number of para-hydroxylation sites is 1. The second-order valence-electron chi connectivity index (χ2n) is 5.66. The Labute approximate surface area is 160 Å². The molecule has 3 rings (SSSR count). The van der Waals surface area contributed by atoms with Crippen LogP contribution in [0.25, 0.3) is 0 Å². The van der Waals surface area contributed by atoms with Gasteiger partial charge in [0, 0.05) is 0 Å². The Morgan fingerprint density at radius 3 is 2.43 bits per heavy atom. The number of amides is 2. The fourth-order valence-corrected chi connectivity index (χ4v) is 2.43. The minimum atomic E-state index is -0.574. The maximum atomic E-state index is 12.5. The molecule has 0 saturated heterocycles. The molecule has 0 saturated carbocycles.